The molecule has 0 radical (unpaired) electrons. The second-order valence-corrected chi connectivity index (χ2v) is 6.87. The van der Waals surface area contributed by atoms with Crippen molar-refractivity contribution in [2.45, 2.75) is 25.7 Å². The molecule has 90 valence electrons. The van der Waals surface area contributed by atoms with Crippen LogP contribution < -0.4 is 0 Å². The second-order valence-electron chi connectivity index (χ2n) is 5.07. The molecule has 0 amide bonds. The summed E-state index contributed by atoms with van der Waals surface area (Å²) in [4.78, 5) is 4.44. The summed E-state index contributed by atoms with van der Waals surface area (Å²) in [6, 6.07) is 8.39. The van der Waals surface area contributed by atoms with E-state index in [2.05, 4.69) is 4.99 Å². The predicted octanol–water partition coefficient (Wildman–Crippen LogP) is 2.80. The van der Waals surface area contributed by atoms with E-state index in [0.717, 1.165) is 5.71 Å². The maximum absolute atomic E-state index is 12.0. The van der Waals surface area contributed by atoms with Crippen molar-refractivity contribution in [1.82, 2.24) is 0 Å². The Kier molecular flexibility index (Phi) is 2.70. The molecule has 4 heteroatoms. The highest BCUT2D eigenvalue weighted by molar-refractivity contribution is 7.94. The molecule has 0 saturated carbocycles. The quantitative estimate of drug-likeness (QED) is 0.809. The van der Waals surface area contributed by atoms with E-state index in [9.17, 15) is 8.42 Å². The van der Waals surface area contributed by atoms with Crippen molar-refractivity contribution in [3.05, 3.63) is 41.4 Å². The Balaban J connectivity index is 2.26. The van der Waals surface area contributed by atoms with Crippen LogP contribution in [0, 0.1) is 5.41 Å². The Morgan fingerprint density at radius 3 is 2.18 bits per heavy atom. The first-order valence-electron chi connectivity index (χ1n) is 5.42. The first-order chi connectivity index (χ1) is 7.81. The molecule has 0 aromatic heterocycles. The molecular weight excluding hydrogens is 234 g/mol. The van der Waals surface area contributed by atoms with Gasteiger partial charge in [0.2, 0.25) is 9.84 Å². The fourth-order valence-corrected chi connectivity index (χ4v) is 2.68. The molecule has 2 rings (SSSR count). The van der Waals surface area contributed by atoms with Crippen LogP contribution in [0.5, 0.6) is 0 Å². The second kappa shape index (κ2) is 3.81. The van der Waals surface area contributed by atoms with Crippen LogP contribution in [0.3, 0.4) is 0 Å². The van der Waals surface area contributed by atoms with Gasteiger partial charge in [-0.1, -0.05) is 39.0 Å². The lowest BCUT2D eigenvalue weighted by atomic mass is 9.92. The number of rotatable bonds is 2. The van der Waals surface area contributed by atoms with Crippen LogP contribution in [0.2, 0.25) is 0 Å². The van der Waals surface area contributed by atoms with E-state index < -0.39 is 9.84 Å². The minimum absolute atomic E-state index is 0.0853. The van der Waals surface area contributed by atoms with E-state index in [1.807, 2.05) is 20.8 Å². The van der Waals surface area contributed by atoms with Gasteiger partial charge >= 0.3 is 0 Å². The van der Waals surface area contributed by atoms with Crippen molar-refractivity contribution < 1.29 is 8.42 Å². The lowest BCUT2D eigenvalue weighted by molar-refractivity contribution is 0.602. The summed E-state index contributed by atoms with van der Waals surface area (Å²) in [6.07, 6.45) is 0. The molecule has 1 heterocycles. The molecule has 0 saturated heterocycles. The number of sulfone groups is 1. The highest BCUT2D eigenvalue weighted by atomic mass is 32.2. The normalized spacial score (nSPS) is 18.1. The zero-order valence-electron chi connectivity index (χ0n) is 10.1. The molecule has 0 aliphatic carbocycles. The zero-order valence-corrected chi connectivity index (χ0v) is 11.0. The van der Waals surface area contributed by atoms with Crippen molar-refractivity contribution in [3.63, 3.8) is 0 Å². The molecule has 1 aliphatic heterocycles. The molecule has 0 bridgehead atoms. The fraction of sp³-hybridized carbons (Fsp3) is 0.308. The molecule has 3 nitrogen and oxygen atoms in total. The van der Waals surface area contributed by atoms with Crippen molar-refractivity contribution in [2.24, 2.45) is 10.4 Å². The van der Waals surface area contributed by atoms with E-state index in [0.29, 0.717) is 10.6 Å². The number of aliphatic imine (C=N–C) groups is 1. The first kappa shape index (κ1) is 12.0. The molecule has 1 aliphatic rings. The topological polar surface area (TPSA) is 46.5 Å². The van der Waals surface area contributed by atoms with Crippen molar-refractivity contribution in [3.8, 4) is 0 Å². The SMILES string of the molecule is CC(C)(C)C1=NC/1=C\S(=O)(=O)c1ccccc1. The summed E-state index contributed by atoms with van der Waals surface area (Å²) >= 11 is 0. The number of allylic oxidation sites excluding steroid dienone is 1. The number of hydrogen-bond acceptors (Lipinski definition) is 3. The van der Waals surface area contributed by atoms with Crippen molar-refractivity contribution in [2.75, 3.05) is 0 Å². The lowest BCUT2D eigenvalue weighted by Gasteiger charge is -2.09. The van der Waals surface area contributed by atoms with Crippen LogP contribution in [-0.4, -0.2) is 14.1 Å². The minimum atomic E-state index is -3.37. The zero-order chi connectivity index (χ0) is 12.7. The molecule has 0 spiro atoms. The van der Waals surface area contributed by atoms with Crippen molar-refractivity contribution in [1.29, 1.82) is 0 Å². The van der Waals surface area contributed by atoms with Gasteiger partial charge in [-0.05, 0) is 12.1 Å². The Morgan fingerprint density at radius 1 is 1.12 bits per heavy atom. The summed E-state index contributed by atoms with van der Waals surface area (Å²) in [7, 11) is -3.37. The van der Waals surface area contributed by atoms with Gasteiger partial charge in [-0.15, -0.1) is 0 Å². The van der Waals surface area contributed by atoms with Crippen LogP contribution in [0.4, 0.5) is 0 Å². The van der Waals surface area contributed by atoms with E-state index in [4.69, 9.17) is 0 Å². The van der Waals surface area contributed by atoms with Gasteiger partial charge in [0, 0.05) is 5.41 Å². The molecule has 1 aromatic rings. The molecule has 0 N–H and O–H groups in total. The molecule has 0 fully saturated rings. The molecular formula is C13H15NO2S. The average molecular weight is 249 g/mol. The summed E-state index contributed by atoms with van der Waals surface area (Å²) < 4.78 is 24.0. The predicted molar refractivity (Wildman–Crippen MR) is 68.6 cm³/mol. The monoisotopic (exact) mass is 249 g/mol. The van der Waals surface area contributed by atoms with Gasteiger partial charge in [0.25, 0.3) is 0 Å². The number of nitrogens with zero attached hydrogens (tertiary/aromatic N) is 1. The highest BCUT2D eigenvalue weighted by Crippen LogP contribution is 2.33. The number of hydrogen-bond donors (Lipinski definition) is 0. The van der Waals surface area contributed by atoms with Crippen LogP contribution >= 0.6 is 0 Å². The van der Waals surface area contributed by atoms with Gasteiger partial charge in [0.05, 0.1) is 21.7 Å². The van der Waals surface area contributed by atoms with Gasteiger partial charge in [-0.3, -0.25) is 0 Å². The van der Waals surface area contributed by atoms with Crippen LogP contribution in [0.25, 0.3) is 0 Å². The summed E-state index contributed by atoms with van der Waals surface area (Å²) in [5, 5.41) is 1.25. The average Bonchev–Trinajstić information content (AvgIpc) is 2.97. The lowest BCUT2D eigenvalue weighted by Crippen LogP contribution is -2.11. The van der Waals surface area contributed by atoms with E-state index >= 15 is 0 Å². The molecule has 0 unspecified atom stereocenters. The molecule has 17 heavy (non-hydrogen) atoms. The Bertz CT molecular complexity index is 590. The maximum atomic E-state index is 12.0. The van der Waals surface area contributed by atoms with Crippen LogP contribution in [0.15, 0.2) is 51.3 Å². The Hall–Kier alpha value is -1.42. The van der Waals surface area contributed by atoms with Gasteiger partial charge in [0.15, 0.2) is 0 Å². The fourth-order valence-electron chi connectivity index (χ4n) is 1.55. The van der Waals surface area contributed by atoms with Gasteiger partial charge < -0.3 is 0 Å². The third-order valence-electron chi connectivity index (χ3n) is 2.47. The van der Waals surface area contributed by atoms with E-state index in [-0.39, 0.29) is 5.41 Å². The van der Waals surface area contributed by atoms with E-state index in [1.54, 1.807) is 30.3 Å². The minimum Gasteiger partial charge on any atom is -0.248 e. The third-order valence-corrected chi connectivity index (χ3v) is 3.94. The van der Waals surface area contributed by atoms with Crippen molar-refractivity contribution >= 4 is 15.5 Å². The summed E-state index contributed by atoms with van der Waals surface area (Å²) in [5.41, 5.74) is 1.39. The smallest absolute Gasteiger partial charge is 0.201 e. The summed E-state index contributed by atoms with van der Waals surface area (Å²) in [5.74, 6) is 0. The molecule has 0 atom stereocenters. The molecule has 1 aromatic carbocycles. The first-order valence-corrected chi connectivity index (χ1v) is 6.97. The van der Waals surface area contributed by atoms with Gasteiger partial charge in [0.1, 0.15) is 0 Å². The maximum Gasteiger partial charge on any atom is 0.201 e. The van der Waals surface area contributed by atoms with Gasteiger partial charge in [-0.25, -0.2) is 13.4 Å². The summed E-state index contributed by atoms with van der Waals surface area (Å²) in [6.45, 7) is 6.05. The Labute approximate surface area is 102 Å². The number of benzene rings is 1. The highest BCUT2D eigenvalue weighted by Gasteiger charge is 2.33. The van der Waals surface area contributed by atoms with Crippen LogP contribution in [-0.2, 0) is 9.84 Å². The third kappa shape index (κ3) is 2.64. The van der Waals surface area contributed by atoms with E-state index in [1.165, 1.54) is 5.41 Å². The standard InChI is InChI=1S/C13H15NO2S/c1-13(2,3)12-11(14-12)9-17(15,16)10-7-5-4-6-8-10/h4-9H,1-3H3/b11-9-. The largest absolute Gasteiger partial charge is 0.248 e. The Morgan fingerprint density at radius 2 is 1.71 bits per heavy atom. The van der Waals surface area contributed by atoms with Crippen LogP contribution in [0.1, 0.15) is 20.8 Å². The van der Waals surface area contributed by atoms with Gasteiger partial charge in [-0.2, -0.15) is 0 Å².